The first-order valence-electron chi connectivity index (χ1n) is 7.27. The lowest BCUT2D eigenvalue weighted by atomic mass is 10.0. The summed E-state index contributed by atoms with van der Waals surface area (Å²) in [6.45, 7) is 0.619. The summed E-state index contributed by atoms with van der Waals surface area (Å²) in [5.41, 5.74) is 0.882. The van der Waals surface area contributed by atoms with E-state index in [1.165, 1.54) is 4.31 Å². The van der Waals surface area contributed by atoms with Crippen molar-refractivity contribution in [3.8, 4) is 11.8 Å². The molecular weight excluding hydrogens is 300 g/mol. The van der Waals surface area contributed by atoms with Gasteiger partial charge in [-0.15, -0.1) is 0 Å². The minimum absolute atomic E-state index is 0.210. The quantitative estimate of drug-likeness (QED) is 0.844. The zero-order valence-electron chi connectivity index (χ0n) is 12.6. The van der Waals surface area contributed by atoms with Crippen molar-refractivity contribution < 1.29 is 13.2 Å². The number of hydrogen-bond donors (Lipinski definition) is 1. The molecule has 0 radical (unpaired) electrons. The van der Waals surface area contributed by atoms with Crippen LogP contribution in [0.3, 0.4) is 0 Å². The van der Waals surface area contributed by atoms with E-state index >= 15 is 0 Å². The summed E-state index contributed by atoms with van der Waals surface area (Å²) in [5, 5.41) is 2.71. The highest BCUT2D eigenvalue weighted by Gasteiger charge is 2.33. The van der Waals surface area contributed by atoms with Crippen LogP contribution >= 0.6 is 0 Å². The van der Waals surface area contributed by atoms with Crippen molar-refractivity contribution in [3.05, 3.63) is 35.9 Å². The molecule has 0 bridgehead atoms. The van der Waals surface area contributed by atoms with E-state index in [0.717, 1.165) is 24.7 Å². The number of nitrogens with zero attached hydrogens (tertiary/aromatic N) is 1. The number of rotatable bonds is 3. The van der Waals surface area contributed by atoms with E-state index in [-0.39, 0.29) is 12.5 Å². The van der Waals surface area contributed by atoms with Crippen LogP contribution in [0.15, 0.2) is 30.3 Å². The maximum Gasteiger partial charge on any atom is 0.239 e. The first kappa shape index (κ1) is 16.5. The molecule has 2 rings (SSSR count). The Morgan fingerprint density at radius 1 is 1.32 bits per heavy atom. The van der Waals surface area contributed by atoms with E-state index in [1.54, 1.807) is 0 Å². The van der Waals surface area contributed by atoms with Crippen molar-refractivity contribution >= 4 is 15.9 Å². The largest absolute Gasteiger partial charge is 0.344 e. The highest BCUT2D eigenvalue weighted by atomic mass is 32.2. The van der Waals surface area contributed by atoms with Crippen molar-refractivity contribution in [2.24, 2.45) is 0 Å². The first-order chi connectivity index (χ1) is 10.5. The maximum atomic E-state index is 12.2. The Hall–Kier alpha value is -1.84. The molecule has 1 fully saturated rings. The molecule has 1 amide bonds. The van der Waals surface area contributed by atoms with E-state index in [4.69, 9.17) is 0 Å². The van der Waals surface area contributed by atoms with E-state index in [2.05, 4.69) is 17.2 Å². The van der Waals surface area contributed by atoms with Crippen LogP contribution in [0.1, 0.15) is 24.8 Å². The zero-order valence-corrected chi connectivity index (χ0v) is 13.4. The Labute approximate surface area is 131 Å². The number of nitrogens with one attached hydrogen (secondary N) is 1. The number of carbonyl (C=O) groups excluding carboxylic acids is 1. The number of amides is 1. The van der Waals surface area contributed by atoms with Crippen LogP contribution in [0.4, 0.5) is 0 Å². The van der Waals surface area contributed by atoms with Gasteiger partial charge in [-0.05, 0) is 25.0 Å². The van der Waals surface area contributed by atoms with Crippen LogP contribution in [0, 0.1) is 11.8 Å². The van der Waals surface area contributed by atoms with E-state index < -0.39 is 16.1 Å². The second-order valence-electron chi connectivity index (χ2n) is 5.27. The van der Waals surface area contributed by atoms with Crippen LogP contribution < -0.4 is 5.32 Å². The van der Waals surface area contributed by atoms with Crippen LogP contribution in [-0.2, 0) is 14.8 Å². The van der Waals surface area contributed by atoms with Gasteiger partial charge in [0.2, 0.25) is 15.9 Å². The average Bonchev–Trinajstić information content (AvgIpc) is 2.51. The van der Waals surface area contributed by atoms with Gasteiger partial charge < -0.3 is 5.32 Å². The number of benzene rings is 1. The Balaban J connectivity index is 1.92. The zero-order chi connectivity index (χ0) is 16.0. The van der Waals surface area contributed by atoms with Crippen molar-refractivity contribution in [2.75, 3.05) is 19.3 Å². The predicted octanol–water partition coefficient (Wildman–Crippen LogP) is 0.968. The van der Waals surface area contributed by atoms with Crippen LogP contribution in [0.2, 0.25) is 0 Å². The van der Waals surface area contributed by atoms with Crippen molar-refractivity contribution in [1.29, 1.82) is 0 Å². The molecule has 0 spiro atoms. The molecule has 118 valence electrons. The van der Waals surface area contributed by atoms with Crippen molar-refractivity contribution in [2.45, 2.75) is 25.3 Å². The number of hydrogen-bond acceptors (Lipinski definition) is 3. The summed E-state index contributed by atoms with van der Waals surface area (Å²) in [7, 11) is -3.36. The van der Waals surface area contributed by atoms with Gasteiger partial charge in [0.15, 0.2) is 0 Å². The van der Waals surface area contributed by atoms with Gasteiger partial charge in [-0.1, -0.05) is 36.5 Å². The third kappa shape index (κ3) is 4.58. The summed E-state index contributed by atoms with van der Waals surface area (Å²) < 4.78 is 24.8. The number of sulfonamides is 1. The normalized spacial score (nSPS) is 19.0. The monoisotopic (exact) mass is 320 g/mol. The van der Waals surface area contributed by atoms with Gasteiger partial charge in [-0.2, -0.15) is 4.31 Å². The molecule has 1 heterocycles. The summed E-state index contributed by atoms with van der Waals surface area (Å²) in [4.78, 5) is 12.2. The van der Waals surface area contributed by atoms with Crippen LogP contribution in [-0.4, -0.2) is 44.0 Å². The molecule has 1 aromatic carbocycles. The summed E-state index contributed by atoms with van der Waals surface area (Å²) in [5.74, 6) is 5.55. The summed E-state index contributed by atoms with van der Waals surface area (Å²) >= 11 is 0. The Morgan fingerprint density at radius 3 is 2.73 bits per heavy atom. The molecule has 0 aromatic heterocycles. The SMILES string of the molecule is CS(=O)(=O)N1CCCCC1C(=O)NCC#Cc1ccccc1. The third-order valence-corrected chi connectivity index (χ3v) is 4.83. The fraction of sp³-hybridized carbons (Fsp3) is 0.438. The first-order valence-corrected chi connectivity index (χ1v) is 9.12. The molecule has 5 nitrogen and oxygen atoms in total. The highest BCUT2D eigenvalue weighted by molar-refractivity contribution is 7.88. The standard InChI is InChI=1S/C16H20N2O3S/c1-22(20,21)18-13-6-5-11-15(18)16(19)17-12-7-10-14-8-3-2-4-9-14/h2-4,8-9,15H,5-6,11-13H2,1H3,(H,17,19). The molecule has 1 aliphatic rings. The molecular formula is C16H20N2O3S. The molecule has 22 heavy (non-hydrogen) atoms. The van der Waals surface area contributed by atoms with Gasteiger partial charge in [-0.25, -0.2) is 8.42 Å². The fourth-order valence-corrected chi connectivity index (χ4v) is 3.61. The van der Waals surface area contributed by atoms with E-state index in [9.17, 15) is 13.2 Å². The molecule has 1 N–H and O–H groups in total. The summed E-state index contributed by atoms with van der Waals surface area (Å²) in [6, 6.07) is 8.88. The smallest absolute Gasteiger partial charge is 0.239 e. The number of carbonyl (C=O) groups is 1. The van der Waals surface area contributed by atoms with Gasteiger partial charge >= 0.3 is 0 Å². The van der Waals surface area contributed by atoms with Gasteiger partial charge in [0.1, 0.15) is 6.04 Å². The van der Waals surface area contributed by atoms with E-state index in [0.29, 0.717) is 13.0 Å². The highest BCUT2D eigenvalue weighted by Crippen LogP contribution is 2.19. The minimum Gasteiger partial charge on any atom is -0.344 e. The lowest BCUT2D eigenvalue weighted by molar-refractivity contribution is -0.125. The lowest BCUT2D eigenvalue weighted by Gasteiger charge is -2.32. The molecule has 1 aromatic rings. The Kier molecular flexibility index (Phi) is 5.58. The molecule has 1 saturated heterocycles. The second kappa shape index (κ2) is 7.43. The average molecular weight is 320 g/mol. The van der Waals surface area contributed by atoms with Crippen molar-refractivity contribution in [3.63, 3.8) is 0 Å². The molecule has 1 aliphatic heterocycles. The van der Waals surface area contributed by atoms with Gasteiger partial charge in [0.25, 0.3) is 0 Å². The Bertz CT molecular complexity index is 674. The molecule has 0 aliphatic carbocycles. The summed E-state index contributed by atoms with van der Waals surface area (Å²) in [6.07, 6.45) is 3.36. The van der Waals surface area contributed by atoms with Gasteiger partial charge in [0, 0.05) is 12.1 Å². The fourth-order valence-electron chi connectivity index (χ4n) is 2.48. The van der Waals surface area contributed by atoms with Crippen LogP contribution in [0.5, 0.6) is 0 Å². The third-order valence-electron chi connectivity index (χ3n) is 3.54. The second-order valence-corrected chi connectivity index (χ2v) is 7.21. The van der Waals surface area contributed by atoms with Crippen molar-refractivity contribution in [1.82, 2.24) is 9.62 Å². The molecule has 1 unspecified atom stereocenters. The van der Waals surface area contributed by atoms with Gasteiger partial charge in [0.05, 0.1) is 12.8 Å². The molecule has 6 heteroatoms. The minimum atomic E-state index is -3.36. The van der Waals surface area contributed by atoms with Crippen LogP contribution in [0.25, 0.3) is 0 Å². The molecule has 0 saturated carbocycles. The molecule has 1 atom stereocenters. The maximum absolute atomic E-state index is 12.2. The predicted molar refractivity (Wildman–Crippen MR) is 85.5 cm³/mol. The van der Waals surface area contributed by atoms with E-state index in [1.807, 2.05) is 30.3 Å². The van der Waals surface area contributed by atoms with Gasteiger partial charge in [-0.3, -0.25) is 4.79 Å². The Morgan fingerprint density at radius 2 is 2.05 bits per heavy atom. The topological polar surface area (TPSA) is 66.5 Å². The lowest BCUT2D eigenvalue weighted by Crippen LogP contribution is -2.51. The number of piperidine rings is 1.